The quantitative estimate of drug-likeness (QED) is 0.325. The van der Waals surface area contributed by atoms with E-state index in [4.69, 9.17) is 9.47 Å². The molecule has 0 aliphatic rings. The van der Waals surface area contributed by atoms with E-state index in [1.165, 1.54) is 0 Å². The Morgan fingerprint density at radius 1 is 0.667 bits per heavy atom. The Morgan fingerprint density at radius 2 is 1.00 bits per heavy atom. The van der Waals surface area contributed by atoms with Crippen molar-refractivity contribution in [2.24, 2.45) is 11.8 Å². The summed E-state index contributed by atoms with van der Waals surface area (Å²) in [5, 5.41) is 4.90. The SMILES string of the molecule is CCCC[C@H](NC(=O)C(=O)N[C@@H](CCCC)C(=O)OCC(C)C)C(=O)OCC(C)C. The minimum atomic E-state index is -0.962. The molecule has 2 amide bonds. The minimum absolute atomic E-state index is 0.163. The standard InChI is InChI=1S/C22H40N2O6/c1-7-9-11-17(21(27)29-13-15(3)4)23-19(25)20(26)24-18(12-10-8-2)22(28)30-14-16(5)6/h15-18H,7-14H2,1-6H3,(H,23,25)(H,24,26)/t17-,18-/m0/s1. The normalized spacial score (nSPS) is 12.9. The van der Waals surface area contributed by atoms with Gasteiger partial charge in [0.25, 0.3) is 0 Å². The fourth-order valence-corrected chi connectivity index (χ4v) is 2.46. The Bertz CT molecular complexity index is 500. The van der Waals surface area contributed by atoms with E-state index >= 15 is 0 Å². The van der Waals surface area contributed by atoms with E-state index in [0.29, 0.717) is 25.7 Å². The first-order chi connectivity index (χ1) is 14.1. The highest BCUT2D eigenvalue weighted by atomic mass is 16.5. The van der Waals surface area contributed by atoms with Crippen LogP contribution >= 0.6 is 0 Å². The van der Waals surface area contributed by atoms with Gasteiger partial charge >= 0.3 is 23.8 Å². The van der Waals surface area contributed by atoms with Gasteiger partial charge < -0.3 is 20.1 Å². The molecule has 174 valence electrons. The van der Waals surface area contributed by atoms with Crippen LogP contribution in [0.2, 0.25) is 0 Å². The van der Waals surface area contributed by atoms with Crippen LogP contribution in [0.1, 0.15) is 80.1 Å². The predicted molar refractivity (Wildman–Crippen MR) is 115 cm³/mol. The maximum atomic E-state index is 12.4. The van der Waals surface area contributed by atoms with Crippen molar-refractivity contribution in [3.63, 3.8) is 0 Å². The molecule has 0 aliphatic carbocycles. The average Bonchev–Trinajstić information content (AvgIpc) is 2.69. The number of hydrogen-bond acceptors (Lipinski definition) is 6. The molecular weight excluding hydrogens is 388 g/mol. The number of hydrogen-bond donors (Lipinski definition) is 2. The maximum absolute atomic E-state index is 12.4. The Kier molecular flexibility index (Phi) is 14.6. The number of nitrogens with one attached hydrogen (secondary N) is 2. The highest BCUT2D eigenvalue weighted by Gasteiger charge is 2.29. The summed E-state index contributed by atoms with van der Waals surface area (Å²) in [4.78, 5) is 49.3. The molecule has 0 aromatic carbocycles. The molecular formula is C22H40N2O6. The summed E-state index contributed by atoms with van der Waals surface area (Å²) in [6.07, 6.45) is 3.81. The number of amides is 2. The Hall–Kier alpha value is -2.12. The molecule has 0 aromatic heterocycles. The molecule has 0 heterocycles. The molecule has 0 radical (unpaired) electrons. The Balaban J connectivity index is 4.99. The van der Waals surface area contributed by atoms with Crippen LogP contribution in [0, 0.1) is 11.8 Å². The van der Waals surface area contributed by atoms with Gasteiger partial charge in [-0.2, -0.15) is 0 Å². The Labute approximate surface area is 180 Å². The molecule has 0 saturated carbocycles. The van der Waals surface area contributed by atoms with E-state index in [1.807, 2.05) is 41.5 Å². The molecule has 0 aliphatic heterocycles. The monoisotopic (exact) mass is 428 g/mol. The van der Waals surface area contributed by atoms with Crippen molar-refractivity contribution in [3.05, 3.63) is 0 Å². The van der Waals surface area contributed by atoms with Crippen molar-refractivity contribution in [1.82, 2.24) is 10.6 Å². The van der Waals surface area contributed by atoms with Crippen molar-refractivity contribution in [1.29, 1.82) is 0 Å². The fourth-order valence-electron chi connectivity index (χ4n) is 2.46. The largest absolute Gasteiger partial charge is 0.464 e. The molecule has 8 heteroatoms. The molecule has 2 atom stereocenters. The van der Waals surface area contributed by atoms with Crippen molar-refractivity contribution >= 4 is 23.8 Å². The highest BCUT2D eigenvalue weighted by Crippen LogP contribution is 2.07. The van der Waals surface area contributed by atoms with Crippen LogP contribution < -0.4 is 10.6 Å². The van der Waals surface area contributed by atoms with Gasteiger partial charge in [0, 0.05) is 0 Å². The van der Waals surface area contributed by atoms with Crippen molar-refractivity contribution < 1.29 is 28.7 Å². The second-order valence-corrected chi connectivity index (χ2v) is 8.38. The average molecular weight is 429 g/mol. The number of ether oxygens (including phenoxy) is 2. The van der Waals surface area contributed by atoms with Crippen molar-refractivity contribution in [2.75, 3.05) is 13.2 Å². The Morgan fingerprint density at radius 3 is 1.27 bits per heavy atom. The van der Waals surface area contributed by atoms with E-state index < -0.39 is 35.8 Å². The van der Waals surface area contributed by atoms with Crippen LogP contribution in [0.15, 0.2) is 0 Å². The van der Waals surface area contributed by atoms with Crippen molar-refractivity contribution in [2.45, 2.75) is 92.2 Å². The summed E-state index contributed by atoms with van der Waals surface area (Å²) < 4.78 is 10.4. The lowest BCUT2D eigenvalue weighted by Gasteiger charge is -2.20. The van der Waals surface area contributed by atoms with E-state index in [0.717, 1.165) is 12.8 Å². The van der Waals surface area contributed by atoms with Crippen molar-refractivity contribution in [3.8, 4) is 0 Å². The zero-order chi connectivity index (χ0) is 23.1. The number of carbonyl (C=O) groups is 4. The lowest BCUT2D eigenvalue weighted by molar-refractivity contribution is -0.152. The third kappa shape index (κ3) is 12.4. The summed E-state index contributed by atoms with van der Waals surface area (Å²) >= 11 is 0. The van der Waals surface area contributed by atoms with Gasteiger partial charge in [0.1, 0.15) is 12.1 Å². The first kappa shape index (κ1) is 27.9. The van der Waals surface area contributed by atoms with E-state index in [2.05, 4.69) is 10.6 Å². The van der Waals surface area contributed by atoms with Crippen LogP contribution in [-0.2, 0) is 28.7 Å². The first-order valence-corrected chi connectivity index (χ1v) is 11.1. The van der Waals surface area contributed by atoms with Crippen LogP contribution in [0.25, 0.3) is 0 Å². The number of rotatable bonds is 14. The van der Waals surface area contributed by atoms with Gasteiger partial charge in [-0.3, -0.25) is 9.59 Å². The second kappa shape index (κ2) is 15.7. The predicted octanol–water partition coefficient (Wildman–Crippen LogP) is 2.73. The molecule has 30 heavy (non-hydrogen) atoms. The molecule has 0 bridgehead atoms. The van der Waals surface area contributed by atoms with Crippen LogP contribution in [-0.4, -0.2) is 49.1 Å². The third-order valence-corrected chi connectivity index (χ3v) is 4.20. The number of unbranched alkanes of at least 4 members (excludes halogenated alkanes) is 2. The molecule has 0 fully saturated rings. The lowest BCUT2D eigenvalue weighted by Crippen LogP contribution is -2.52. The number of carbonyl (C=O) groups excluding carboxylic acids is 4. The van der Waals surface area contributed by atoms with Crippen LogP contribution in [0.5, 0.6) is 0 Å². The van der Waals surface area contributed by atoms with E-state index in [-0.39, 0.29) is 25.0 Å². The van der Waals surface area contributed by atoms with Gasteiger partial charge in [-0.25, -0.2) is 9.59 Å². The van der Waals surface area contributed by atoms with Crippen LogP contribution in [0.4, 0.5) is 0 Å². The van der Waals surface area contributed by atoms with Gasteiger partial charge in [0.15, 0.2) is 0 Å². The second-order valence-electron chi connectivity index (χ2n) is 8.38. The summed E-state index contributed by atoms with van der Waals surface area (Å²) in [5.41, 5.74) is 0. The molecule has 2 N–H and O–H groups in total. The lowest BCUT2D eigenvalue weighted by atomic mass is 10.1. The molecule has 0 aromatic rings. The third-order valence-electron chi connectivity index (χ3n) is 4.20. The van der Waals surface area contributed by atoms with Gasteiger partial charge in [0.2, 0.25) is 0 Å². The fraction of sp³-hybridized carbons (Fsp3) is 0.818. The highest BCUT2D eigenvalue weighted by molar-refractivity contribution is 6.35. The maximum Gasteiger partial charge on any atom is 0.328 e. The molecule has 0 spiro atoms. The van der Waals surface area contributed by atoms with Crippen LogP contribution in [0.3, 0.4) is 0 Å². The van der Waals surface area contributed by atoms with Gasteiger partial charge in [-0.15, -0.1) is 0 Å². The molecule has 0 unspecified atom stereocenters. The first-order valence-electron chi connectivity index (χ1n) is 11.1. The summed E-state index contributed by atoms with van der Waals surface area (Å²) in [6.45, 7) is 12.1. The van der Waals surface area contributed by atoms with E-state index in [1.54, 1.807) is 0 Å². The summed E-state index contributed by atoms with van der Waals surface area (Å²) in [6, 6.07) is -1.80. The van der Waals surface area contributed by atoms with Gasteiger partial charge in [-0.05, 0) is 24.7 Å². The minimum Gasteiger partial charge on any atom is -0.464 e. The van der Waals surface area contributed by atoms with Gasteiger partial charge in [-0.1, -0.05) is 67.2 Å². The summed E-state index contributed by atoms with van der Waals surface area (Å²) in [7, 11) is 0. The molecule has 0 rings (SSSR count). The number of esters is 2. The summed E-state index contributed by atoms with van der Waals surface area (Å²) in [5.74, 6) is -2.72. The smallest absolute Gasteiger partial charge is 0.328 e. The molecule has 0 saturated heterocycles. The van der Waals surface area contributed by atoms with E-state index in [9.17, 15) is 19.2 Å². The zero-order valence-corrected chi connectivity index (χ0v) is 19.4. The topological polar surface area (TPSA) is 111 Å². The van der Waals surface area contributed by atoms with Gasteiger partial charge in [0.05, 0.1) is 13.2 Å². The zero-order valence-electron chi connectivity index (χ0n) is 19.4. The molecule has 8 nitrogen and oxygen atoms in total.